The second kappa shape index (κ2) is 9.28. The zero-order chi connectivity index (χ0) is 22.7. The van der Waals surface area contributed by atoms with Gasteiger partial charge in [0.05, 0.1) is 22.4 Å². The van der Waals surface area contributed by atoms with E-state index < -0.39 is 0 Å². The largest absolute Gasteiger partial charge is 0.351 e. The smallest absolute Gasteiger partial charge is 0.251 e. The Kier molecular flexibility index (Phi) is 6.28. The van der Waals surface area contributed by atoms with Crippen LogP contribution in [0.15, 0.2) is 66.7 Å². The monoisotopic (exact) mass is 424 g/mol. The van der Waals surface area contributed by atoms with E-state index >= 15 is 0 Å². The number of carbonyl (C=O) groups excluding carboxylic acids is 1. The molecular weight excluding hydrogens is 396 g/mol. The molecule has 0 saturated heterocycles. The van der Waals surface area contributed by atoms with Gasteiger partial charge < -0.3 is 10.2 Å². The number of nitrogens with zero attached hydrogens (tertiary/aromatic N) is 3. The van der Waals surface area contributed by atoms with Crippen LogP contribution in [0.1, 0.15) is 21.5 Å². The first kappa shape index (κ1) is 21.7. The first-order valence-electron chi connectivity index (χ1n) is 10.8. The maximum atomic E-state index is 12.6. The van der Waals surface area contributed by atoms with Gasteiger partial charge in [-0.15, -0.1) is 0 Å². The van der Waals surface area contributed by atoms with Gasteiger partial charge in [0.2, 0.25) is 0 Å². The van der Waals surface area contributed by atoms with Gasteiger partial charge in [-0.25, -0.2) is 9.97 Å². The minimum atomic E-state index is -0.101. The van der Waals surface area contributed by atoms with E-state index in [2.05, 4.69) is 55.6 Å². The van der Waals surface area contributed by atoms with E-state index in [1.165, 1.54) is 5.56 Å². The SMILES string of the molecule is Cc1cccc(-c2nc3ccc(C(=O)NCCN(C)C)cc3nc2-c2cccc(C)c2)c1. The lowest BCUT2D eigenvalue weighted by Crippen LogP contribution is -2.31. The van der Waals surface area contributed by atoms with Gasteiger partial charge in [0, 0.05) is 29.8 Å². The van der Waals surface area contributed by atoms with Crippen LogP contribution < -0.4 is 5.32 Å². The molecule has 0 aliphatic rings. The summed E-state index contributed by atoms with van der Waals surface area (Å²) in [5.74, 6) is -0.101. The maximum Gasteiger partial charge on any atom is 0.251 e. The Morgan fingerprint density at radius 2 is 1.41 bits per heavy atom. The molecule has 0 aliphatic heterocycles. The lowest BCUT2D eigenvalue weighted by atomic mass is 10.0. The molecule has 0 radical (unpaired) electrons. The summed E-state index contributed by atoms with van der Waals surface area (Å²) in [4.78, 5) is 24.6. The van der Waals surface area contributed by atoms with Crippen molar-refractivity contribution in [1.82, 2.24) is 20.2 Å². The van der Waals surface area contributed by atoms with Gasteiger partial charge in [-0.3, -0.25) is 4.79 Å². The lowest BCUT2D eigenvalue weighted by Gasteiger charge is -2.13. The quantitative estimate of drug-likeness (QED) is 0.480. The van der Waals surface area contributed by atoms with Crippen LogP contribution in [0.2, 0.25) is 0 Å². The third-order valence-electron chi connectivity index (χ3n) is 5.35. The van der Waals surface area contributed by atoms with Crippen molar-refractivity contribution in [2.24, 2.45) is 0 Å². The summed E-state index contributed by atoms with van der Waals surface area (Å²) in [5.41, 5.74) is 8.09. The number of hydrogen-bond acceptors (Lipinski definition) is 4. The second-order valence-electron chi connectivity index (χ2n) is 8.42. The van der Waals surface area contributed by atoms with Crippen LogP contribution >= 0.6 is 0 Å². The molecule has 5 nitrogen and oxygen atoms in total. The van der Waals surface area contributed by atoms with Crippen LogP contribution in [0.4, 0.5) is 0 Å². The third kappa shape index (κ3) is 4.84. The molecule has 162 valence electrons. The van der Waals surface area contributed by atoms with Crippen LogP contribution in [-0.2, 0) is 0 Å². The normalized spacial score (nSPS) is 11.2. The van der Waals surface area contributed by atoms with Gasteiger partial charge in [-0.05, 0) is 58.3 Å². The molecule has 5 heteroatoms. The number of benzene rings is 3. The number of nitrogens with one attached hydrogen (secondary N) is 1. The van der Waals surface area contributed by atoms with Crippen molar-refractivity contribution < 1.29 is 4.79 Å². The van der Waals surface area contributed by atoms with Gasteiger partial charge in [0.1, 0.15) is 0 Å². The van der Waals surface area contributed by atoms with Crippen LogP contribution in [-0.4, -0.2) is 48.0 Å². The molecule has 1 amide bonds. The fraction of sp³-hybridized carbons (Fsp3) is 0.222. The summed E-state index contributed by atoms with van der Waals surface area (Å²) < 4.78 is 0. The molecule has 0 saturated carbocycles. The molecule has 4 aromatic rings. The number of aromatic nitrogens is 2. The molecule has 3 aromatic carbocycles. The average molecular weight is 425 g/mol. The highest BCUT2D eigenvalue weighted by Crippen LogP contribution is 2.32. The fourth-order valence-electron chi connectivity index (χ4n) is 3.68. The number of rotatable bonds is 6. The highest BCUT2D eigenvalue weighted by atomic mass is 16.1. The van der Waals surface area contributed by atoms with E-state index in [1.54, 1.807) is 0 Å². The van der Waals surface area contributed by atoms with E-state index in [-0.39, 0.29) is 5.91 Å². The molecule has 0 bridgehead atoms. The topological polar surface area (TPSA) is 58.1 Å². The Labute approximate surface area is 189 Å². The molecule has 1 aromatic heterocycles. The number of carbonyl (C=O) groups is 1. The number of aryl methyl sites for hydroxylation is 2. The summed E-state index contributed by atoms with van der Waals surface area (Å²) in [6.07, 6.45) is 0. The summed E-state index contributed by atoms with van der Waals surface area (Å²) in [6.45, 7) is 5.53. The average Bonchev–Trinajstić information content (AvgIpc) is 2.77. The Morgan fingerprint density at radius 3 is 1.97 bits per heavy atom. The molecular formula is C27H28N4O. The molecule has 1 heterocycles. The standard InChI is InChI=1S/C27H28N4O/c1-18-7-5-9-20(15-18)25-26(21-10-6-8-19(2)16-21)30-24-17-22(11-12-23(24)29-25)27(32)28-13-14-31(3)4/h5-12,15-17H,13-14H2,1-4H3,(H,28,32). The molecule has 0 spiro atoms. The molecule has 4 rings (SSSR count). The molecule has 0 atom stereocenters. The lowest BCUT2D eigenvalue weighted by molar-refractivity contribution is 0.0951. The molecule has 0 fully saturated rings. The number of fused-ring (bicyclic) bond motifs is 1. The highest BCUT2D eigenvalue weighted by molar-refractivity contribution is 5.98. The van der Waals surface area contributed by atoms with Crippen molar-refractivity contribution in [3.8, 4) is 22.5 Å². The van der Waals surface area contributed by atoms with E-state index in [0.717, 1.165) is 40.1 Å². The molecule has 0 unspecified atom stereocenters. The van der Waals surface area contributed by atoms with Crippen molar-refractivity contribution in [2.75, 3.05) is 27.2 Å². The van der Waals surface area contributed by atoms with Crippen molar-refractivity contribution in [3.05, 3.63) is 83.4 Å². The number of likely N-dealkylation sites (N-methyl/N-ethyl adjacent to an activating group) is 1. The maximum absolute atomic E-state index is 12.6. The minimum Gasteiger partial charge on any atom is -0.351 e. The number of hydrogen-bond donors (Lipinski definition) is 1. The molecule has 32 heavy (non-hydrogen) atoms. The predicted octanol–water partition coefficient (Wildman–Crippen LogP) is 4.87. The van der Waals surface area contributed by atoms with E-state index in [1.807, 2.05) is 49.3 Å². The van der Waals surface area contributed by atoms with Gasteiger partial charge in [-0.1, -0.05) is 47.5 Å². The summed E-state index contributed by atoms with van der Waals surface area (Å²) >= 11 is 0. The van der Waals surface area contributed by atoms with Crippen LogP contribution in [0.3, 0.4) is 0 Å². The number of amides is 1. The van der Waals surface area contributed by atoms with E-state index in [4.69, 9.17) is 9.97 Å². The first-order chi connectivity index (χ1) is 15.4. The first-order valence-corrected chi connectivity index (χ1v) is 10.8. The Morgan fingerprint density at radius 1 is 0.812 bits per heavy atom. The molecule has 1 N–H and O–H groups in total. The predicted molar refractivity (Wildman–Crippen MR) is 131 cm³/mol. The fourth-order valence-corrected chi connectivity index (χ4v) is 3.68. The van der Waals surface area contributed by atoms with Crippen LogP contribution in [0.25, 0.3) is 33.5 Å². The third-order valence-corrected chi connectivity index (χ3v) is 5.35. The van der Waals surface area contributed by atoms with Gasteiger partial charge >= 0.3 is 0 Å². The van der Waals surface area contributed by atoms with Crippen molar-refractivity contribution >= 4 is 16.9 Å². The van der Waals surface area contributed by atoms with Crippen molar-refractivity contribution in [3.63, 3.8) is 0 Å². The van der Waals surface area contributed by atoms with E-state index in [9.17, 15) is 4.79 Å². The molecule has 0 aliphatic carbocycles. The zero-order valence-corrected chi connectivity index (χ0v) is 19.0. The van der Waals surface area contributed by atoms with Crippen LogP contribution in [0.5, 0.6) is 0 Å². The van der Waals surface area contributed by atoms with E-state index in [0.29, 0.717) is 17.6 Å². The Balaban J connectivity index is 1.81. The van der Waals surface area contributed by atoms with Gasteiger partial charge in [0.25, 0.3) is 5.91 Å². The summed E-state index contributed by atoms with van der Waals surface area (Å²) in [6, 6.07) is 22.1. The van der Waals surface area contributed by atoms with Gasteiger partial charge in [-0.2, -0.15) is 0 Å². The van der Waals surface area contributed by atoms with Gasteiger partial charge in [0.15, 0.2) is 0 Å². The zero-order valence-electron chi connectivity index (χ0n) is 19.0. The summed E-state index contributed by atoms with van der Waals surface area (Å²) in [5, 5.41) is 2.96. The van der Waals surface area contributed by atoms with Crippen LogP contribution in [0, 0.1) is 13.8 Å². The summed E-state index contributed by atoms with van der Waals surface area (Å²) in [7, 11) is 3.97. The Hall–Kier alpha value is -3.57. The van der Waals surface area contributed by atoms with Crippen molar-refractivity contribution in [2.45, 2.75) is 13.8 Å². The second-order valence-corrected chi connectivity index (χ2v) is 8.42. The Bertz CT molecular complexity index is 1280. The minimum absolute atomic E-state index is 0.101. The highest BCUT2D eigenvalue weighted by Gasteiger charge is 2.15. The van der Waals surface area contributed by atoms with Crippen molar-refractivity contribution in [1.29, 1.82) is 0 Å².